The zero-order valence-electron chi connectivity index (χ0n) is 21.2. The van der Waals surface area contributed by atoms with E-state index in [0.29, 0.717) is 22.8 Å². The first-order valence-electron chi connectivity index (χ1n) is 11.5. The summed E-state index contributed by atoms with van der Waals surface area (Å²) >= 11 is 3.22. The second kappa shape index (κ2) is 10.5. The maximum atomic E-state index is 10.7. The van der Waals surface area contributed by atoms with Gasteiger partial charge in [-0.15, -0.1) is 11.3 Å². The van der Waals surface area contributed by atoms with Crippen LogP contribution in [0.25, 0.3) is 20.9 Å². The lowest BCUT2D eigenvalue weighted by Crippen LogP contribution is -2.15. The van der Waals surface area contributed by atoms with E-state index in [1.807, 2.05) is 44.2 Å². The van der Waals surface area contributed by atoms with Crippen molar-refractivity contribution in [1.82, 2.24) is 9.97 Å². The molecule has 0 spiro atoms. The van der Waals surface area contributed by atoms with E-state index in [9.17, 15) is 10.2 Å². The van der Waals surface area contributed by atoms with E-state index in [-0.39, 0.29) is 5.75 Å². The Morgan fingerprint density at radius 1 is 0.889 bits per heavy atom. The van der Waals surface area contributed by atoms with E-state index in [4.69, 9.17) is 9.47 Å². The number of methoxy groups -OCH3 is 2. The van der Waals surface area contributed by atoms with Crippen molar-refractivity contribution in [3.63, 3.8) is 0 Å². The summed E-state index contributed by atoms with van der Waals surface area (Å²) in [6.45, 7) is 7.26. The van der Waals surface area contributed by atoms with Gasteiger partial charge >= 0.3 is 0 Å². The summed E-state index contributed by atoms with van der Waals surface area (Å²) < 4.78 is 10.9. The Morgan fingerprint density at radius 2 is 1.56 bits per heavy atom. The summed E-state index contributed by atoms with van der Waals surface area (Å²) in [5.41, 5.74) is 4.23. The van der Waals surface area contributed by atoms with Crippen LogP contribution in [0.4, 0.5) is 0 Å². The Morgan fingerprint density at radius 3 is 2.17 bits per heavy atom. The zero-order chi connectivity index (χ0) is 26.0. The molecule has 0 radical (unpaired) electrons. The van der Waals surface area contributed by atoms with Gasteiger partial charge in [-0.25, -0.2) is 9.97 Å². The molecule has 0 saturated heterocycles. The minimum atomic E-state index is -1.14. The van der Waals surface area contributed by atoms with Gasteiger partial charge in [0.25, 0.3) is 0 Å². The van der Waals surface area contributed by atoms with Gasteiger partial charge in [-0.1, -0.05) is 23.9 Å². The first-order chi connectivity index (χ1) is 17.1. The lowest BCUT2D eigenvalue weighted by Gasteiger charge is -2.19. The summed E-state index contributed by atoms with van der Waals surface area (Å²) in [6, 6.07) is 15.4. The summed E-state index contributed by atoms with van der Waals surface area (Å²) in [5.74, 6) is 2.07. The van der Waals surface area contributed by atoms with Crippen molar-refractivity contribution in [2.24, 2.45) is 0 Å². The first kappa shape index (κ1) is 26.0. The molecule has 4 aromatic rings. The molecule has 0 aliphatic carbocycles. The average Bonchev–Trinajstić information content (AvgIpc) is 3.25. The highest BCUT2D eigenvalue weighted by molar-refractivity contribution is 7.98. The van der Waals surface area contributed by atoms with Crippen LogP contribution >= 0.6 is 23.1 Å². The minimum absolute atomic E-state index is 0.0670. The number of hydrogen-bond acceptors (Lipinski definition) is 8. The van der Waals surface area contributed by atoms with Gasteiger partial charge < -0.3 is 19.7 Å². The van der Waals surface area contributed by atoms with Crippen LogP contribution in [0.15, 0.2) is 53.7 Å². The Bertz CT molecular complexity index is 1370. The van der Waals surface area contributed by atoms with Crippen molar-refractivity contribution in [3.8, 4) is 38.1 Å². The summed E-state index contributed by atoms with van der Waals surface area (Å²) in [7, 11) is 3.25. The van der Waals surface area contributed by atoms with Crippen LogP contribution in [0.3, 0.4) is 0 Å². The van der Waals surface area contributed by atoms with Crippen molar-refractivity contribution in [3.05, 3.63) is 71.0 Å². The molecule has 2 heterocycles. The normalized spacial score (nSPS) is 11.5. The number of benzene rings is 2. The second-order valence-electron chi connectivity index (χ2n) is 9.05. The third-order valence-electron chi connectivity index (χ3n) is 5.71. The molecular formula is C28H30N2O4S2. The molecule has 2 aromatic heterocycles. The number of aromatic nitrogens is 2. The van der Waals surface area contributed by atoms with E-state index < -0.39 is 5.60 Å². The fraction of sp³-hybridized carbons (Fsp3) is 0.286. The van der Waals surface area contributed by atoms with Gasteiger partial charge in [-0.2, -0.15) is 0 Å². The van der Waals surface area contributed by atoms with Gasteiger partial charge in [0.1, 0.15) is 5.75 Å². The predicted octanol–water partition coefficient (Wildman–Crippen LogP) is 6.73. The van der Waals surface area contributed by atoms with Crippen LogP contribution in [0, 0.1) is 13.8 Å². The molecule has 0 bridgehead atoms. The molecule has 188 valence electrons. The lowest BCUT2D eigenvalue weighted by atomic mass is 9.95. The standard InChI is InChI=1S/C28H30N2O4S2/c1-16-11-17(2)30-27(29-16)35-15-20-14-25(18-8-10-23(33-5)24(13-18)34-6)36-26(20)19-7-9-21(22(31)12-19)28(3,4)32/h7-14,31-32H,15H2,1-6H3. The summed E-state index contributed by atoms with van der Waals surface area (Å²) in [6.07, 6.45) is 0. The van der Waals surface area contributed by atoms with E-state index in [1.54, 1.807) is 63.3 Å². The highest BCUT2D eigenvalue weighted by Crippen LogP contribution is 2.44. The number of hydrogen-bond donors (Lipinski definition) is 2. The van der Waals surface area contributed by atoms with Crippen LogP contribution in [0.1, 0.15) is 36.4 Å². The number of aryl methyl sites for hydroxylation is 2. The van der Waals surface area contributed by atoms with Gasteiger partial charge in [0.2, 0.25) is 0 Å². The Kier molecular flexibility index (Phi) is 7.59. The van der Waals surface area contributed by atoms with Crippen molar-refractivity contribution in [2.45, 2.75) is 44.2 Å². The maximum Gasteiger partial charge on any atom is 0.188 e. The topological polar surface area (TPSA) is 84.7 Å². The predicted molar refractivity (Wildman–Crippen MR) is 146 cm³/mol. The molecule has 2 aromatic carbocycles. The third-order valence-corrected chi connectivity index (χ3v) is 7.89. The Balaban J connectivity index is 1.77. The smallest absolute Gasteiger partial charge is 0.188 e. The van der Waals surface area contributed by atoms with Crippen LogP contribution in [-0.2, 0) is 11.4 Å². The summed E-state index contributed by atoms with van der Waals surface area (Å²) in [5, 5.41) is 21.8. The number of phenolic OH excluding ortho intramolecular Hbond substituents is 1. The second-order valence-corrected chi connectivity index (χ2v) is 11.0. The highest BCUT2D eigenvalue weighted by Gasteiger charge is 2.22. The van der Waals surface area contributed by atoms with Crippen molar-refractivity contribution in [2.75, 3.05) is 14.2 Å². The fourth-order valence-electron chi connectivity index (χ4n) is 4.00. The molecule has 8 heteroatoms. The molecular weight excluding hydrogens is 492 g/mol. The third kappa shape index (κ3) is 5.67. The van der Waals surface area contributed by atoms with Gasteiger partial charge in [0.15, 0.2) is 16.7 Å². The highest BCUT2D eigenvalue weighted by atomic mass is 32.2. The van der Waals surface area contributed by atoms with E-state index in [0.717, 1.165) is 43.0 Å². The van der Waals surface area contributed by atoms with Crippen LogP contribution in [0.2, 0.25) is 0 Å². The molecule has 0 fully saturated rings. The molecule has 0 atom stereocenters. The number of nitrogens with zero attached hydrogens (tertiary/aromatic N) is 2. The first-order valence-corrected chi connectivity index (χ1v) is 13.3. The summed E-state index contributed by atoms with van der Waals surface area (Å²) in [4.78, 5) is 11.2. The van der Waals surface area contributed by atoms with E-state index in [1.165, 1.54) is 0 Å². The van der Waals surface area contributed by atoms with Crippen LogP contribution < -0.4 is 9.47 Å². The molecule has 0 aliphatic heterocycles. The molecule has 4 rings (SSSR count). The number of phenols is 1. The van der Waals surface area contributed by atoms with Crippen LogP contribution in [0.5, 0.6) is 17.2 Å². The average molecular weight is 523 g/mol. The number of rotatable bonds is 8. The number of aromatic hydroxyl groups is 1. The maximum absolute atomic E-state index is 10.7. The van der Waals surface area contributed by atoms with Gasteiger partial charge in [0, 0.05) is 32.5 Å². The van der Waals surface area contributed by atoms with Gasteiger partial charge in [0.05, 0.1) is 19.8 Å². The van der Waals surface area contributed by atoms with Gasteiger partial charge in [-0.05, 0) is 80.8 Å². The fourth-order valence-corrected chi connectivity index (χ4v) is 6.20. The van der Waals surface area contributed by atoms with Crippen molar-refractivity contribution < 1.29 is 19.7 Å². The quantitative estimate of drug-likeness (QED) is 0.196. The SMILES string of the molecule is COc1ccc(-c2cc(CSc3nc(C)cc(C)n3)c(-c3ccc(C(C)(C)O)c(O)c3)s2)cc1OC. The molecule has 0 amide bonds. The lowest BCUT2D eigenvalue weighted by molar-refractivity contribution is 0.0758. The van der Waals surface area contributed by atoms with Crippen molar-refractivity contribution in [1.29, 1.82) is 0 Å². The Hall–Kier alpha value is -3.07. The Labute approximate surface area is 220 Å². The number of ether oxygens (including phenoxy) is 2. The van der Waals surface area contributed by atoms with E-state index in [2.05, 4.69) is 16.0 Å². The molecule has 6 nitrogen and oxygen atoms in total. The zero-order valence-corrected chi connectivity index (χ0v) is 22.9. The number of thiophene rings is 1. The molecule has 0 saturated carbocycles. The molecule has 36 heavy (non-hydrogen) atoms. The monoisotopic (exact) mass is 522 g/mol. The molecule has 0 aliphatic rings. The van der Waals surface area contributed by atoms with Crippen molar-refractivity contribution >= 4 is 23.1 Å². The van der Waals surface area contributed by atoms with Gasteiger partial charge in [-0.3, -0.25) is 0 Å². The minimum Gasteiger partial charge on any atom is -0.508 e. The number of aliphatic hydroxyl groups is 1. The molecule has 0 unspecified atom stereocenters. The molecule has 2 N–H and O–H groups in total. The van der Waals surface area contributed by atoms with E-state index >= 15 is 0 Å². The van der Waals surface area contributed by atoms with Crippen LogP contribution in [-0.4, -0.2) is 34.4 Å². The largest absolute Gasteiger partial charge is 0.508 e. The number of thioether (sulfide) groups is 1.